The molecule has 1 amide bonds. The molecule has 1 fully saturated rings. The standard InChI is InChI=1S/C19H30N2O4/c1-3-14-24-17-11-7-6-10-16(17)20-19(22)25-18(15-23-4-2)21-12-8-5-9-13-21/h6-7,10-11,18H,3-5,8-9,12-15H2,1-2H3,(H,20,22). The van der Waals surface area contributed by atoms with E-state index in [0.717, 1.165) is 32.4 Å². The quantitative estimate of drug-likeness (QED) is 0.732. The third kappa shape index (κ3) is 6.55. The summed E-state index contributed by atoms with van der Waals surface area (Å²) >= 11 is 0. The number of amides is 1. The van der Waals surface area contributed by atoms with Crippen molar-refractivity contribution in [3.63, 3.8) is 0 Å². The van der Waals surface area contributed by atoms with Crippen LogP contribution in [0.2, 0.25) is 0 Å². The first-order valence-corrected chi connectivity index (χ1v) is 9.25. The molecule has 1 unspecified atom stereocenters. The molecule has 2 rings (SSSR count). The topological polar surface area (TPSA) is 60.0 Å². The second kappa shape index (κ2) is 10.9. The van der Waals surface area contributed by atoms with Crippen LogP contribution in [0.3, 0.4) is 0 Å². The lowest BCUT2D eigenvalue weighted by Crippen LogP contribution is -2.45. The highest BCUT2D eigenvalue weighted by molar-refractivity contribution is 5.86. The Morgan fingerprint density at radius 2 is 1.96 bits per heavy atom. The number of benzene rings is 1. The molecule has 1 aliphatic rings. The van der Waals surface area contributed by atoms with Crippen LogP contribution < -0.4 is 10.1 Å². The van der Waals surface area contributed by atoms with Crippen molar-refractivity contribution < 1.29 is 19.0 Å². The van der Waals surface area contributed by atoms with Gasteiger partial charge in [-0.3, -0.25) is 10.2 Å². The number of hydrogen-bond donors (Lipinski definition) is 1. The van der Waals surface area contributed by atoms with Crippen LogP contribution >= 0.6 is 0 Å². The number of piperidine rings is 1. The lowest BCUT2D eigenvalue weighted by atomic mass is 10.1. The maximum atomic E-state index is 12.4. The van der Waals surface area contributed by atoms with Crippen molar-refractivity contribution in [1.29, 1.82) is 0 Å². The van der Waals surface area contributed by atoms with Crippen LogP contribution in [0.25, 0.3) is 0 Å². The molecule has 0 spiro atoms. The van der Waals surface area contributed by atoms with Crippen molar-refractivity contribution in [2.75, 3.05) is 38.2 Å². The van der Waals surface area contributed by atoms with Crippen molar-refractivity contribution in [3.8, 4) is 5.75 Å². The minimum Gasteiger partial charge on any atom is -0.491 e. The molecule has 0 saturated carbocycles. The van der Waals surface area contributed by atoms with Crippen molar-refractivity contribution in [3.05, 3.63) is 24.3 Å². The zero-order valence-electron chi connectivity index (χ0n) is 15.3. The van der Waals surface area contributed by atoms with Crippen LogP contribution in [0, 0.1) is 0 Å². The Hall–Kier alpha value is -1.79. The molecule has 1 heterocycles. The fraction of sp³-hybridized carbons (Fsp3) is 0.632. The van der Waals surface area contributed by atoms with E-state index in [1.165, 1.54) is 6.42 Å². The largest absolute Gasteiger partial charge is 0.491 e. The summed E-state index contributed by atoms with van der Waals surface area (Å²) in [5.74, 6) is 0.653. The number of anilines is 1. The summed E-state index contributed by atoms with van der Waals surface area (Å²) in [6.07, 6.45) is 3.55. The molecule has 1 aromatic rings. The van der Waals surface area contributed by atoms with Gasteiger partial charge in [-0.2, -0.15) is 0 Å². The summed E-state index contributed by atoms with van der Waals surface area (Å²) in [6.45, 7) is 7.44. The molecule has 1 N–H and O–H groups in total. The van der Waals surface area contributed by atoms with E-state index in [4.69, 9.17) is 14.2 Å². The van der Waals surface area contributed by atoms with Gasteiger partial charge in [-0.05, 0) is 38.3 Å². The van der Waals surface area contributed by atoms with Crippen LogP contribution in [-0.2, 0) is 9.47 Å². The first-order chi connectivity index (χ1) is 12.2. The highest BCUT2D eigenvalue weighted by Crippen LogP contribution is 2.24. The Morgan fingerprint density at radius 1 is 1.20 bits per heavy atom. The van der Waals surface area contributed by atoms with Crippen LogP contribution in [0.5, 0.6) is 5.75 Å². The summed E-state index contributed by atoms with van der Waals surface area (Å²) in [7, 11) is 0. The molecule has 0 aliphatic carbocycles. The van der Waals surface area contributed by atoms with Crippen LogP contribution in [-0.4, -0.2) is 50.1 Å². The fourth-order valence-electron chi connectivity index (χ4n) is 2.81. The lowest BCUT2D eigenvalue weighted by molar-refractivity contribution is -0.0664. The van der Waals surface area contributed by atoms with Crippen LogP contribution in [0.4, 0.5) is 10.5 Å². The number of ether oxygens (including phenoxy) is 3. The summed E-state index contributed by atoms with van der Waals surface area (Å²) < 4.78 is 16.8. The normalized spacial score (nSPS) is 16.2. The third-order valence-corrected chi connectivity index (χ3v) is 4.09. The van der Waals surface area contributed by atoms with Crippen LogP contribution in [0.15, 0.2) is 24.3 Å². The summed E-state index contributed by atoms with van der Waals surface area (Å²) in [4.78, 5) is 14.6. The zero-order chi connectivity index (χ0) is 17.9. The number of para-hydroxylation sites is 2. The Labute approximate surface area is 150 Å². The Balaban J connectivity index is 1.95. The zero-order valence-corrected chi connectivity index (χ0v) is 15.3. The number of rotatable bonds is 9. The van der Waals surface area contributed by atoms with Gasteiger partial charge in [-0.15, -0.1) is 0 Å². The highest BCUT2D eigenvalue weighted by Gasteiger charge is 2.24. The van der Waals surface area contributed by atoms with Gasteiger partial charge < -0.3 is 14.2 Å². The van der Waals surface area contributed by atoms with Gasteiger partial charge in [0.1, 0.15) is 5.75 Å². The molecule has 0 bridgehead atoms. The molecule has 25 heavy (non-hydrogen) atoms. The molecular weight excluding hydrogens is 320 g/mol. The Kier molecular flexibility index (Phi) is 8.55. The van der Waals surface area contributed by atoms with E-state index < -0.39 is 6.09 Å². The fourth-order valence-corrected chi connectivity index (χ4v) is 2.81. The third-order valence-electron chi connectivity index (χ3n) is 4.09. The minimum absolute atomic E-state index is 0.357. The number of likely N-dealkylation sites (tertiary alicyclic amines) is 1. The predicted octanol–water partition coefficient (Wildman–Crippen LogP) is 3.87. The SMILES string of the molecule is CCCOc1ccccc1NC(=O)OC(COCC)N1CCCCC1. The number of nitrogens with zero attached hydrogens (tertiary/aromatic N) is 1. The maximum Gasteiger partial charge on any atom is 0.413 e. The molecule has 0 aromatic heterocycles. The van der Waals surface area contributed by atoms with Gasteiger partial charge in [0.15, 0.2) is 6.23 Å². The van der Waals surface area contributed by atoms with E-state index in [2.05, 4.69) is 10.2 Å². The van der Waals surface area contributed by atoms with Crippen LogP contribution in [0.1, 0.15) is 39.5 Å². The number of hydrogen-bond acceptors (Lipinski definition) is 5. The molecule has 1 aromatic carbocycles. The van der Waals surface area contributed by atoms with Crippen molar-refractivity contribution in [2.45, 2.75) is 45.8 Å². The number of carbonyl (C=O) groups is 1. The van der Waals surface area contributed by atoms with Gasteiger partial charge in [0.2, 0.25) is 0 Å². The monoisotopic (exact) mass is 350 g/mol. The molecule has 1 aliphatic heterocycles. The van der Waals surface area contributed by atoms with E-state index in [0.29, 0.717) is 31.3 Å². The molecule has 140 valence electrons. The second-order valence-electron chi connectivity index (χ2n) is 6.09. The van der Waals surface area contributed by atoms with Crippen molar-refractivity contribution >= 4 is 11.8 Å². The Bertz CT molecular complexity index is 518. The average molecular weight is 350 g/mol. The van der Waals surface area contributed by atoms with Gasteiger partial charge in [0.05, 0.1) is 18.9 Å². The van der Waals surface area contributed by atoms with E-state index >= 15 is 0 Å². The van der Waals surface area contributed by atoms with Gasteiger partial charge in [-0.25, -0.2) is 4.79 Å². The van der Waals surface area contributed by atoms with Crippen molar-refractivity contribution in [2.24, 2.45) is 0 Å². The second-order valence-corrected chi connectivity index (χ2v) is 6.09. The van der Waals surface area contributed by atoms with Crippen molar-refractivity contribution in [1.82, 2.24) is 4.90 Å². The Morgan fingerprint density at radius 3 is 2.68 bits per heavy atom. The molecule has 6 heteroatoms. The molecule has 6 nitrogen and oxygen atoms in total. The first kappa shape index (κ1) is 19.5. The maximum absolute atomic E-state index is 12.4. The van der Waals surface area contributed by atoms with E-state index in [1.807, 2.05) is 38.1 Å². The smallest absolute Gasteiger partial charge is 0.413 e. The average Bonchev–Trinajstić information content (AvgIpc) is 2.65. The summed E-state index contributed by atoms with van der Waals surface area (Å²) in [5, 5.41) is 2.80. The molecular formula is C19H30N2O4. The van der Waals surface area contributed by atoms with Gasteiger partial charge in [0, 0.05) is 19.7 Å². The summed E-state index contributed by atoms with van der Waals surface area (Å²) in [5.41, 5.74) is 0.620. The molecule has 1 atom stereocenters. The minimum atomic E-state index is -0.483. The highest BCUT2D eigenvalue weighted by atomic mass is 16.6. The molecule has 0 radical (unpaired) electrons. The van der Waals surface area contributed by atoms with Gasteiger partial charge in [0.25, 0.3) is 0 Å². The number of carbonyl (C=O) groups excluding carboxylic acids is 1. The number of nitrogens with one attached hydrogen (secondary N) is 1. The lowest BCUT2D eigenvalue weighted by Gasteiger charge is -2.33. The van der Waals surface area contributed by atoms with Gasteiger partial charge in [-0.1, -0.05) is 25.5 Å². The van der Waals surface area contributed by atoms with E-state index in [1.54, 1.807) is 0 Å². The van der Waals surface area contributed by atoms with E-state index in [-0.39, 0.29) is 6.23 Å². The summed E-state index contributed by atoms with van der Waals surface area (Å²) in [6, 6.07) is 7.39. The predicted molar refractivity (Wildman–Crippen MR) is 98.0 cm³/mol. The molecule has 1 saturated heterocycles. The van der Waals surface area contributed by atoms with Gasteiger partial charge >= 0.3 is 6.09 Å². The van der Waals surface area contributed by atoms with E-state index in [9.17, 15) is 4.79 Å². The first-order valence-electron chi connectivity index (χ1n) is 9.25.